The van der Waals surface area contributed by atoms with Crippen LogP contribution in [0.5, 0.6) is 0 Å². The van der Waals surface area contributed by atoms with E-state index in [9.17, 15) is 13.2 Å². The molecule has 0 saturated heterocycles. The van der Waals surface area contributed by atoms with E-state index in [0.717, 1.165) is 9.87 Å². The molecule has 0 heterocycles. The molecule has 0 atom stereocenters. The highest BCUT2D eigenvalue weighted by Gasteiger charge is 2.25. The number of nitrogens with two attached hydrogens (primary N) is 1. The predicted octanol–water partition coefficient (Wildman–Crippen LogP) is 0.599. The Labute approximate surface area is 126 Å². The molecule has 0 saturated carbocycles. The van der Waals surface area contributed by atoms with Crippen molar-refractivity contribution < 1.29 is 13.2 Å². The van der Waals surface area contributed by atoms with Gasteiger partial charge in [0.05, 0.1) is 11.4 Å². The van der Waals surface area contributed by atoms with E-state index < -0.39 is 10.0 Å². The smallest absolute Gasteiger partial charge is 0.243 e. The maximum absolute atomic E-state index is 12.5. The molecular weight excluding hydrogens is 290 g/mol. The third kappa shape index (κ3) is 4.52. The maximum Gasteiger partial charge on any atom is 0.243 e. The highest BCUT2D eigenvalue weighted by atomic mass is 32.2. The van der Waals surface area contributed by atoms with E-state index in [4.69, 9.17) is 5.73 Å². The van der Waals surface area contributed by atoms with Crippen LogP contribution in [-0.4, -0.2) is 38.3 Å². The van der Waals surface area contributed by atoms with Gasteiger partial charge in [0.15, 0.2) is 0 Å². The average Bonchev–Trinajstić information content (AvgIpc) is 2.37. The fourth-order valence-corrected chi connectivity index (χ4v) is 3.27. The van der Waals surface area contributed by atoms with Crippen molar-refractivity contribution >= 4 is 15.9 Å². The minimum atomic E-state index is -3.72. The van der Waals surface area contributed by atoms with Crippen LogP contribution in [0, 0.1) is 6.92 Å². The molecule has 0 fully saturated rings. The number of sulfonamides is 1. The molecule has 1 aromatic carbocycles. The van der Waals surface area contributed by atoms with Crippen molar-refractivity contribution in [3.63, 3.8) is 0 Å². The van der Waals surface area contributed by atoms with Crippen molar-refractivity contribution in [2.45, 2.75) is 38.3 Å². The van der Waals surface area contributed by atoms with Gasteiger partial charge >= 0.3 is 0 Å². The maximum atomic E-state index is 12.5. The number of benzene rings is 1. The standard InChI is InChI=1S/C14H23N3O3S/c1-10(2)16-14(18)9-17(4)21(19,20)13-7-12(8-15)6-5-11(13)3/h5-7,10H,8-9,15H2,1-4H3,(H,16,18). The lowest BCUT2D eigenvalue weighted by atomic mass is 10.1. The van der Waals surface area contributed by atoms with Gasteiger partial charge in [0.1, 0.15) is 0 Å². The van der Waals surface area contributed by atoms with Crippen LogP contribution in [0.4, 0.5) is 0 Å². The monoisotopic (exact) mass is 313 g/mol. The Kier molecular flexibility index (Phi) is 5.88. The molecule has 1 rings (SSSR count). The summed E-state index contributed by atoms with van der Waals surface area (Å²) < 4.78 is 26.1. The molecule has 0 unspecified atom stereocenters. The molecule has 0 aliphatic carbocycles. The highest BCUT2D eigenvalue weighted by Crippen LogP contribution is 2.20. The molecule has 3 N–H and O–H groups in total. The van der Waals surface area contributed by atoms with Crippen molar-refractivity contribution in [1.29, 1.82) is 0 Å². The number of rotatable bonds is 6. The Balaban J connectivity index is 3.02. The second-order valence-electron chi connectivity index (χ2n) is 5.29. The topological polar surface area (TPSA) is 92.5 Å². The quantitative estimate of drug-likeness (QED) is 0.804. The number of amides is 1. The molecule has 0 aromatic heterocycles. The molecule has 7 heteroatoms. The zero-order valence-electron chi connectivity index (χ0n) is 12.9. The van der Waals surface area contributed by atoms with Crippen LogP contribution in [0.15, 0.2) is 23.1 Å². The van der Waals surface area contributed by atoms with Gasteiger partial charge in [-0.2, -0.15) is 4.31 Å². The van der Waals surface area contributed by atoms with Crippen molar-refractivity contribution in [2.75, 3.05) is 13.6 Å². The van der Waals surface area contributed by atoms with E-state index in [-0.39, 0.29) is 29.9 Å². The van der Waals surface area contributed by atoms with Gasteiger partial charge < -0.3 is 11.1 Å². The van der Waals surface area contributed by atoms with Crippen LogP contribution in [-0.2, 0) is 21.4 Å². The third-order valence-corrected chi connectivity index (χ3v) is 4.94. The van der Waals surface area contributed by atoms with Crippen LogP contribution < -0.4 is 11.1 Å². The molecule has 0 radical (unpaired) electrons. The van der Waals surface area contributed by atoms with Gasteiger partial charge in [0.2, 0.25) is 15.9 Å². The summed E-state index contributed by atoms with van der Waals surface area (Å²) in [5.41, 5.74) is 6.91. The Hall–Kier alpha value is -1.44. The number of carbonyl (C=O) groups is 1. The van der Waals surface area contributed by atoms with Crippen molar-refractivity contribution in [1.82, 2.24) is 9.62 Å². The van der Waals surface area contributed by atoms with E-state index in [1.807, 2.05) is 13.8 Å². The summed E-state index contributed by atoms with van der Waals surface area (Å²) in [7, 11) is -2.32. The molecule has 21 heavy (non-hydrogen) atoms. The van der Waals surface area contributed by atoms with Crippen LogP contribution in [0.2, 0.25) is 0 Å². The molecule has 6 nitrogen and oxygen atoms in total. The summed E-state index contributed by atoms with van der Waals surface area (Å²) in [6, 6.07) is 5.04. The average molecular weight is 313 g/mol. The predicted molar refractivity (Wildman–Crippen MR) is 82.2 cm³/mol. The van der Waals surface area contributed by atoms with Crippen LogP contribution in [0.1, 0.15) is 25.0 Å². The highest BCUT2D eigenvalue weighted by molar-refractivity contribution is 7.89. The van der Waals surface area contributed by atoms with Gasteiger partial charge in [0, 0.05) is 19.6 Å². The van der Waals surface area contributed by atoms with Gasteiger partial charge in [-0.3, -0.25) is 4.79 Å². The number of hydrogen-bond acceptors (Lipinski definition) is 4. The lowest BCUT2D eigenvalue weighted by molar-refractivity contribution is -0.121. The molecule has 1 amide bonds. The number of likely N-dealkylation sites (N-methyl/N-ethyl adjacent to an activating group) is 1. The summed E-state index contributed by atoms with van der Waals surface area (Å²) in [4.78, 5) is 11.9. The first-order valence-electron chi connectivity index (χ1n) is 6.73. The van der Waals surface area contributed by atoms with Gasteiger partial charge in [-0.25, -0.2) is 8.42 Å². The summed E-state index contributed by atoms with van der Waals surface area (Å²) in [5, 5.41) is 2.67. The zero-order valence-corrected chi connectivity index (χ0v) is 13.7. The normalized spacial score (nSPS) is 12.0. The fraction of sp³-hybridized carbons (Fsp3) is 0.500. The molecule has 0 aliphatic heterocycles. The van der Waals surface area contributed by atoms with E-state index in [1.54, 1.807) is 25.1 Å². The Morgan fingerprint density at radius 3 is 2.52 bits per heavy atom. The molecule has 0 bridgehead atoms. The van der Waals surface area contributed by atoms with Crippen molar-refractivity contribution in [3.8, 4) is 0 Å². The Morgan fingerprint density at radius 1 is 1.38 bits per heavy atom. The molecular formula is C14H23N3O3S. The van der Waals surface area contributed by atoms with Crippen LogP contribution in [0.25, 0.3) is 0 Å². The number of carbonyl (C=O) groups excluding carboxylic acids is 1. The SMILES string of the molecule is Cc1ccc(CN)cc1S(=O)(=O)N(C)CC(=O)NC(C)C. The minimum Gasteiger partial charge on any atom is -0.353 e. The number of nitrogens with zero attached hydrogens (tertiary/aromatic N) is 1. The van der Waals surface area contributed by atoms with Crippen LogP contribution in [0.3, 0.4) is 0 Å². The Morgan fingerprint density at radius 2 is 2.00 bits per heavy atom. The summed E-state index contributed by atoms with van der Waals surface area (Å²) in [5.74, 6) is -0.330. The number of hydrogen-bond donors (Lipinski definition) is 2. The Bertz CT molecular complexity index is 612. The lowest BCUT2D eigenvalue weighted by Crippen LogP contribution is -2.41. The number of nitrogens with one attached hydrogen (secondary N) is 1. The first-order chi connectivity index (χ1) is 9.68. The first kappa shape index (κ1) is 17.6. The molecule has 118 valence electrons. The van der Waals surface area contributed by atoms with Gasteiger partial charge in [-0.15, -0.1) is 0 Å². The second-order valence-corrected chi connectivity index (χ2v) is 7.30. The summed E-state index contributed by atoms with van der Waals surface area (Å²) in [6.07, 6.45) is 0. The summed E-state index contributed by atoms with van der Waals surface area (Å²) in [6.45, 7) is 5.41. The largest absolute Gasteiger partial charge is 0.353 e. The molecule has 0 aliphatic rings. The van der Waals surface area contributed by atoms with Crippen LogP contribution >= 0.6 is 0 Å². The van der Waals surface area contributed by atoms with Gasteiger partial charge in [0.25, 0.3) is 0 Å². The van der Waals surface area contributed by atoms with E-state index >= 15 is 0 Å². The molecule has 1 aromatic rings. The number of aryl methyl sites for hydroxylation is 1. The van der Waals surface area contributed by atoms with Gasteiger partial charge in [-0.1, -0.05) is 12.1 Å². The fourth-order valence-electron chi connectivity index (χ4n) is 1.87. The summed E-state index contributed by atoms with van der Waals surface area (Å²) >= 11 is 0. The second kappa shape index (κ2) is 7.02. The first-order valence-corrected chi connectivity index (χ1v) is 8.17. The van der Waals surface area contributed by atoms with Crippen molar-refractivity contribution in [3.05, 3.63) is 29.3 Å². The zero-order chi connectivity index (χ0) is 16.2. The van der Waals surface area contributed by atoms with E-state index in [2.05, 4.69) is 5.32 Å². The van der Waals surface area contributed by atoms with Gasteiger partial charge in [-0.05, 0) is 38.0 Å². The minimum absolute atomic E-state index is 0.0316. The van der Waals surface area contributed by atoms with E-state index in [0.29, 0.717) is 5.56 Å². The van der Waals surface area contributed by atoms with E-state index in [1.165, 1.54) is 7.05 Å². The third-order valence-electron chi connectivity index (χ3n) is 2.99. The lowest BCUT2D eigenvalue weighted by Gasteiger charge is -2.19. The molecule has 0 spiro atoms. The van der Waals surface area contributed by atoms with Crippen molar-refractivity contribution in [2.24, 2.45) is 5.73 Å².